The maximum atomic E-state index is 5.76. The fourth-order valence-corrected chi connectivity index (χ4v) is 2.38. The van der Waals surface area contributed by atoms with Crippen LogP contribution < -0.4 is 0 Å². The molecule has 15 heavy (non-hydrogen) atoms. The van der Waals surface area contributed by atoms with Crippen molar-refractivity contribution in [1.82, 2.24) is 0 Å². The summed E-state index contributed by atoms with van der Waals surface area (Å²) in [6, 6.07) is 0. The van der Waals surface area contributed by atoms with Gasteiger partial charge in [0.2, 0.25) is 0 Å². The molecule has 2 atom stereocenters. The first-order chi connectivity index (χ1) is 7.12. The van der Waals surface area contributed by atoms with E-state index in [9.17, 15) is 0 Å². The van der Waals surface area contributed by atoms with Crippen LogP contribution in [0.5, 0.6) is 0 Å². The van der Waals surface area contributed by atoms with E-state index in [1.807, 2.05) is 0 Å². The summed E-state index contributed by atoms with van der Waals surface area (Å²) in [6.45, 7) is 7.44. The molecular weight excluding hydrogens is 192 g/mol. The molecule has 0 aromatic rings. The topological polar surface area (TPSA) is 27.7 Å². The Kier molecular flexibility index (Phi) is 3.33. The van der Waals surface area contributed by atoms with Gasteiger partial charge in [0.25, 0.3) is 0 Å². The summed E-state index contributed by atoms with van der Waals surface area (Å²) in [4.78, 5) is 0. The van der Waals surface area contributed by atoms with Crippen LogP contribution >= 0.6 is 0 Å². The van der Waals surface area contributed by atoms with Crippen LogP contribution in [-0.4, -0.2) is 37.6 Å². The van der Waals surface area contributed by atoms with Crippen molar-refractivity contribution in [2.75, 3.05) is 26.4 Å². The molecule has 0 aromatic carbocycles. The first kappa shape index (κ1) is 11.4. The van der Waals surface area contributed by atoms with Crippen LogP contribution in [0.2, 0.25) is 0 Å². The van der Waals surface area contributed by atoms with Crippen LogP contribution in [0.1, 0.15) is 39.5 Å². The van der Waals surface area contributed by atoms with Crippen molar-refractivity contribution in [3.63, 3.8) is 0 Å². The second-order valence-electron chi connectivity index (χ2n) is 5.30. The Morgan fingerprint density at radius 3 is 1.73 bits per heavy atom. The van der Waals surface area contributed by atoms with E-state index in [1.54, 1.807) is 0 Å². The Hall–Kier alpha value is -0.120. The largest absolute Gasteiger partial charge is 0.375 e. The number of hydrogen-bond acceptors (Lipinski definition) is 3. The van der Waals surface area contributed by atoms with Crippen LogP contribution in [0.4, 0.5) is 0 Å². The van der Waals surface area contributed by atoms with Crippen LogP contribution in [0.15, 0.2) is 0 Å². The third-order valence-electron chi connectivity index (χ3n) is 3.42. The molecule has 0 saturated carbocycles. The molecule has 0 spiro atoms. The lowest BCUT2D eigenvalue weighted by Crippen LogP contribution is -2.35. The van der Waals surface area contributed by atoms with E-state index in [-0.39, 0.29) is 11.2 Å². The molecule has 0 N–H and O–H groups in total. The normalized spacial score (nSPS) is 41.2. The molecule has 3 nitrogen and oxygen atoms in total. The predicted octanol–water partition coefficient (Wildman–Crippen LogP) is 2.14. The minimum Gasteiger partial charge on any atom is -0.375 e. The second kappa shape index (κ2) is 4.40. The van der Waals surface area contributed by atoms with E-state index < -0.39 is 0 Å². The fourth-order valence-electron chi connectivity index (χ4n) is 2.38. The van der Waals surface area contributed by atoms with E-state index in [1.165, 1.54) is 0 Å². The number of hydrogen-bond donors (Lipinski definition) is 0. The van der Waals surface area contributed by atoms with Gasteiger partial charge in [-0.05, 0) is 39.5 Å². The quantitative estimate of drug-likeness (QED) is 0.717. The molecule has 2 rings (SSSR count). The van der Waals surface area contributed by atoms with Crippen molar-refractivity contribution in [2.24, 2.45) is 0 Å². The monoisotopic (exact) mass is 214 g/mol. The zero-order chi connectivity index (χ0) is 10.8. The SMILES string of the molecule is CC1(COCC2(C)CCCO2)CCCO1. The highest BCUT2D eigenvalue weighted by Crippen LogP contribution is 2.28. The lowest BCUT2D eigenvalue weighted by Gasteiger charge is -2.27. The molecule has 2 aliphatic heterocycles. The Morgan fingerprint density at radius 1 is 0.933 bits per heavy atom. The average Bonchev–Trinajstić information content (AvgIpc) is 2.76. The molecule has 0 amide bonds. The van der Waals surface area contributed by atoms with Gasteiger partial charge in [0, 0.05) is 13.2 Å². The highest BCUT2D eigenvalue weighted by atomic mass is 16.6. The van der Waals surface area contributed by atoms with Crippen molar-refractivity contribution in [2.45, 2.75) is 50.7 Å². The lowest BCUT2D eigenvalue weighted by molar-refractivity contribution is -0.0977. The van der Waals surface area contributed by atoms with Crippen molar-refractivity contribution in [1.29, 1.82) is 0 Å². The molecular formula is C12H22O3. The lowest BCUT2D eigenvalue weighted by atomic mass is 10.0. The zero-order valence-electron chi connectivity index (χ0n) is 9.88. The minimum atomic E-state index is -0.0467. The summed E-state index contributed by atoms with van der Waals surface area (Å²) < 4.78 is 17.1. The van der Waals surface area contributed by atoms with Crippen molar-refractivity contribution in [3.05, 3.63) is 0 Å². The van der Waals surface area contributed by atoms with Crippen molar-refractivity contribution < 1.29 is 14.2 Å². The van der Waals surface area contributed by atoms with E-state index in [4.69, 9.17) is 14.2 Å². The first-order valence-electron chi connectivity index (χ1n) is 5.98. The maximum absolute atomic E-state index is 5.76. The second-order valence-corrected chi connectivity index (χ2v) is 5.30. The van der Waals surface area contributed by atoms with Gasteiger partial charge in [0.05, 0.1) is 24.4 Å². The van der Waals surface area contributed by atoms with Gasteiger partial charge in [0.1, 0.15) is 0 Å². The minimum absolute atomic E-state index is 0.0467. The van der Waals surface area contributed by atoms with Crippen LogP contribution in [0.25, 0.3) is 0 Å². The van der Waals surface area contributed by atoms with Crippen LogP contribution in [0, 0.1) is 0 Å². The molecule has 0 bridgehead atoms. The maximum Gasteiger partial charge on any atom is 0.0887 e. The Balaban J connectivity index is 1.69. The number of rotatable bonds is 4. The standard InChI is InChI=1S/C12H22O3/c1-11(5-3-7-14-11)9-13-10-12(2)6-4-8-15-12/h3-10H2,1-2H3. The summed E-state index contributed by atoms with van der Waals surface area (Å²) in [5.74, 6) is 0. The average molecular weight is 214 g/mol. The highest BCUT2D eigenvalue weighted by molar-refractivity contribution is 4.83. The predicted molar refractivity (Wildman–Crippen MR) is 58.0 cm³/mol. The molecule has 0 radical (unpaired) electrons. The van der Waals surface area contributed by atoms with E-state index in [2.05, 4.69) is 13.8 Å². The molecule has 2 heterocycles. The summed E-state index contributed by atoms with van der Waals surface area (Å²) in [5, 5.41) is 0. The van der Waals surface area contributed by atoms with Crippen LogP contribution in [0.3, 0.4) is 0 Å². The molecule has 2 fully saturated rings. The van der Waals surface area contributed by atoms with Crippen molar-refractivity contribution in [3.8, 4) is 0 Å². The van der Waals surface area contributed by atoms with Gasteiger partial charge >= 0.3 is 0 Å². The fraction of sp³-hybridized carbons (Fsp3) is 1.00. The van der Waals surface area contributed by atoms with Gasteiger partial charge in [-0.2, -0.15) is 0 Å². The summed E-state index contributed by atoms with van der Waals surface area (Å²) in [5.41, 5.74) is -0.0933. The summed E-state index contributed by atoms with van der Waals surface area (Å²) in [7, 11) is 0. The molecule has 2 saturated heterocycles. The van der Waals surface area contributed by atoms with Gasteiger partial charge < -0.3 is 14.2 Å². The summed E-state index contributed by atoms with van der Waals surface area (Å²) >= 11 is 0. The molecule has 88 valence electrons. The smallest absolute Gasteiger partial charge is 0.0887 e. The molecule has 3 heteroatoms. The molecule has 0 aromatic heterocycles. The Bertz CT molecular complexity index is 181. The third-order valence-corrected chi connectivity index (χ3v) is 3.42. The van der Waals surface area contributed by atoms with Crippen LogP contribution in [-0.2, 0) is 14.2 Å². The Morgan fingerprint density at radius 2 is 1.40 bits per heavy atom. The summed E-state index contributed by atoms with van der Waals surface area (Å²) in [6.07, 6.45) is 4.55. The highest BCUT2D eigenvalue weighted by Gasteiger charge is 2.33. The van der Waals surface area contributed by atoms with Gasteiger partial charge in [-0.3, -0.25) is 0 Å². The van der Waals surface area contributed by atoms with Gasteiger partial charge in [-0.25, -0.2) is 0 Å². The van der Waals surface area contributed by atoms with Gasteiger partial charge in [-0.1, -0.05) is 0 Å². The first-order valence-corrected chi connectivity index (χ1v) is 5.98. The molecule has 2 aliphatic rings. The molecule has 2 unspecified atom stereocenters. The van der Waals surface area contributed by atoms with E-state index >= 15 is 0 Å². The Labute approximate surface area is 92.1 Å². The van der Waals surface area contributed by atoms with Crippen molar-refractivity contribution >= 4 is 0 Å². The number of ether oxygens (including phenoxy) is 3. The third kappa shape index (κ3) is 2.92. The van der Waals surface area contributed by atoms with Gasteiger partial charge in [-0.15, -0.1) is 0 Å². The van der Waals surface area contributed by atoms with Gasteiger partial charge in [0.15, 0.2) is 0 Å². The molecule has 0 aliphatic carbocycles. The van der Waals surface area contributed by atoms with E-state index in [0.29, 0.717) is 13.2 Å². The zero-order valence-corrected chi connectivity index (χ0v) is 9.88. The van der Waals surface area contributed by atoms with E-state index in [0.717, 1.165) is 38.9 Å².